The fraction of sp³-hybridized carbons (Fsp3) is 0.500. The minimum absolute atomic E-state index is 0.601. The van der Waals surface area contributed by atoms with Gasteiger partial charge in [-0.2, -0.15) is 5.26 Å². The van der Waals surface area contributed by atoms with Crippen molar-refractivity contribution in [2.45, 2.75) is 25.4 Å². The molecule has 0 aromatic heterocycles. The number of hydrogen-bond acceptors (Lipinski definition) is 3. The molecule has 0 radical (unpaired) electrons. The second-order valence-electron chi connectivity index (χ2n) is 4.79. The third-order valence-corrected chi connectivity index (χ3v) is 3.30. The summed E-state index contributed by atoms with van der Waals surface area (Å²) in [7, 11) is 2.18. The largest absolute Gasteiger partial charge is 0.309 e. The first-order valence-corrected chi connectivity index (χ1v) is 6.19. The second kappa shape index (κ2) is 5.81. The molecule has 1 fully saturated rings. The zero-order valence-electron chi connectivity index (χ0n) is 10.3. The van der Waals surface area contributed by atoms with Gasteiger partial charge < -0.3 is 10.2 Å². The van der Waals surface area contributed by atoms with Gasteiger partial charge in [-0.25, -0.2) is 0 Å². The van der Waals surface area contributed by atoms with Crippen molar-refractivity contribution >= 4 is 0 Å². The lowest BCUT2D eigenvalue weighted by Crippen LogP contribution is -2.43. The van der Waals surface area contributed by atoms with Crippen molar-refractivity contribution in [2.75, 3.05) is 20.1 Å². The van der Waals surface area contributed by atoms with Crippen LogP contribution in [0.5, 0.6) is 0 Å². The molecule has 1 aliphatic heterocycles. The monoisotopic (exact) mass is 229 g/mol. The molecule has 1 saturated heterocycles. The van der Waals surface area contributed by atoms with Crippen LogP contribution in [0.4, 0.5) is 0 Å². The number of nitrogens with one attached hydrogen (secondary N) is 1. The summed E-state index contributed by atoms with van der Waals surface area (Å²) in [6, 6.07) is 10.5. The maximum Gasteiger partial charge on any atom is 0.0991 e. The van der Waals surface area contributed by atoms with E-state index in [-0.39, 0.29) is 0 Å². The molecule has 0 aliphatic carbocycles. The summed E-state index contributed by atoms with van der Waals surface area (Å²) in [6.07, 6.45) is 2.54. The predicted octanol–water partition coefficient (Wildman–Crippen LogP) is 1.74. The van der Waals surface area contributed by atoms with Crippen LogP contribution in [0.15, 0.2) is 24.3 Å². The first-order valence-electron chi connectivity index (χ1n) is 6.19. The molecule has 1 N–H and O–H groups in total. The Bertz CT molecular complexity index is 391. The van der Waals surface area contributed by atoms with E-state index >= 15 is 0 Å². The lowest BCUT2D eigenvalue weighted by Gasteiger charge is -2.30. The summed E-state index contributed by atoms with van der Waals surface area (Å²) in [4.78, 5) is 2.37. The lowest BCUT2D eigenvalue weighted by molar-refractivity contribution is 0.226. The summed E-state index contributed by atoms with van der Waals surface area (Å²) in [5, 5.41) is 12.3. The van der Waals surface area contributed by atoms with E-state index in [1.54, 1.807) is 0 Å². The van der Waals surface area contributed by atoms with Crippen LogP contribution in [0.25, 0.3) is 0 Å². The number of hydrogen-bond donors (Lipinski definition) is 1. The van der Waals surface area contributed by atoms with Gasteiger partial charge >= 0.3 is 0 Å². The van der Waals surface area contributed by atoms with Crippen LogP contribution in [-0.4, -0.2) is 31.1 Å². The fourth-order valence-electron chi connectivity index (χ4n) is 2.29. The number of likely N-dealkylation sites (N-methyl/N-ethyl adjacent to an activating group) is 1. The van der Waals surface area contributed by atoms with Crippen LogP contribution in [0.1, 0.15) is 24.0 Å². The van der Waals surface area contributed by atoms with E-state index in [4.69, 9.17) is 5.26 Å². The minimum Gasteiger partial charge on any atom is -0.309 e. The van der Waals surface area contributed by atoms with Crippen molar-refractivity contribution in [1.29, 1.82) is 5.26 Å². The van der Waals surface area contributed by atoms with Gasteiger partial charge in [0.15, 0.2) is 0 Å². The molecule has 3 nitrogen and oxygen atoms in total. The molecule has 17 heavy (non-hydrogen) atoms. The smallest absolute Gasteiger partial charge is 0.0991 e. The van der Waals surface area contributed by atoms with Crippen LogP contribution >= 0.6 is 0 Å². The van der Waals surface area contributed by atoms with Crippen LogP contribution in [0.3, 0.4) is 0 Å². The van der Waals surface area contributed by atoms with Crippen molar-refractivity contribution in [2.24, 2.45) is 0 Å². The molecular weight excluding hydrogens is 210 g/mol. The van der Waals surface area contributed by atoms with Gasteiger partial charge in [-0.1, -0.05) is 12.1 Å². The summed E-state index contributed by atoms with van der Waals surface area (Å²) < 4.78 is 0. The average Bonchev–Trinajstić information content (AvgIpc) is 2.37. The highest BCUT2D eigenvalue weighted by Crippen LogP contribution is 2.09. The SMILES string of the molecule is CN1CCCC(NCc2ccc(C#N)cc2)C1. The Kier molecular flexibility index (Phi) is 4.13. The molecule has 0 bridgehead atoms. The molecule has 1 aromatic carbocycles. The van der Waals surface area contributed by atoms with Crippen molar-refractivity contribution in [3.8, 4) is 6.07 Å². The highest BCUT2D eigenvalue weighted by atomic mass is 15.1. The van der Waals surface area contributed by atoms with Crippen LogP contribution < -0.4 is 5.32 Å². The number of nitriles is 1. The number of likely N-dealkylation sites (tertiary alicyclic amines) is 1. The van der Waals surface area contributed by atoms with E-state index in [1.165, 1.54) is 24.9 Å². The number of nitrogens with zero attached hydrogens (tertiary/aromatic N) is 2. The molecule has 2 rings (SSSR count). The number of rotatable bonds is 3. The van der Waals surface area contributed by atoms with E-state index in [9.17, 15) is 0 Å². The van der Waals surface area contributed by atoms with Gasteiger partial charge in [0.05, 0.1) is 11.6 Å². The van der Waals surface area contributed by atoms with E-state index in [1.807, 2.05) is 24.3 Å². The quantitative estimate of drug-likeness (QED) is 0.858. The zero-order chi connectivity index (χ0) is 12.1. The third-order valence-electron chi connectivity index (χ3n) is 3.30. The highest BCUT2D eigenvalue weighted by molar-refractivity contribution is 5.31. The first kappa shape index (κ1) is 12.1. The molecule has 0 spiro atoms. The van der Waals surface area contributed by atoms with Crippen molar-refractivity contribution in [3.63, 3.8) is 0 Å². The summed E-state index contributed by atoms with van der Waals surface area (Å²) in [5.74, 6) is 0. The van der Waals surface area contributed by atoms with Crippen LogP contribution in [0.2, 0.25) is 0 Å². The van der Waals surface area contributed by atoms with Crippen molar-refractivity contribution < 1.29 is 0 Å². The Hall–Kier alpha value is -1.37. The number of benzene rings is 1. The van der Waals surface area contributed by atoms with Gasteiger partial charge in [0.25, 0.3) is 0 Å². The van der Waals surface area contributed by atoms with Crippen molar-refractivity contribution in [1.82, 2.24) is 10.2 Å². The lowest BCUT2D eigenvalue weighted by atomic mass is 10.1. The van der Waals surface area contributed by atoms with Crippen LogP contribution in [-0.2, 0) is 6.54 Å². The minimum atomic E-state index is 0.601. The summed E-state index contributed by atoms with van der Waals surface area (Å²) in [6.45, 7) is 3.25. The number of piperidine rings is 1. The molecule has 1 unspecified atom stereocenters. The van der Waals surface area contributed by atoms with Crippen molar-refractivity contribution in [3.05, 3.63) is 35.4 Å². The van der Waals surface area contributed by atoms with E-state index in [2.05, 4.69) is 23.3 Å². The molecule has 1 heterocycles. The van der Waals surface area contributed by atoms with Gasteiger partial charge in [-0.3, -0.25) is 0 Å². The Morgan fingerprint density at radius 1 is 1.41 bits per heavy atom. The van der Waals surface area contributed by atoms with Gasteiger partial charge in [0.2, 0.25) is 0 Å². The highest BCUT2D eigenvalue weighted by Gasteiger charge is 2.15. The predicted molar refractivity (Wildman–Crippen MR) is 68.5 cm³/mol. The zero-order valence-corrected chi connectivity index (χ0v) is 10.3. The molecule has 1 aliphatic rings. The summed E-state index contributed by atoms with van der Waals surface area (Å²) in [5.41, 5.74) is 1.98. The Balaban J connectivity index is 1.83. The molecule has 1 aromatic rings. The van der Waals surface area contributed by atoms with Gasteiger partial charge in [-0.05, 0) is 44.1 Å². The van der Waals surface area contributed by atoms with E-state index < -0.39 is 0 Å². The Morgan fingerprint density at radius 3 is 2.82 bits per heavy atom. The maximum absolute atomic E-state index is 8.72. The molecule has 0 saturated carbocycles. The molecule has 90 valence electrons. The first-order chi connectivity index (χ1) is 8.28. The normalized spacial score (nSPS) is 21.1. The molecular formula is C14H19N3. The molecule has 0 amide bonds. The second-order valence-corrected chi connectivity index (χ2v) is 4.79. The Morgan fingerprint density at radius 2 is 2.18 bits per heavy atom. The van der Waals surface area contributed by atoms with Crippen LogP contribution in [0, 0.1) is 11.3 Å². The standard InChI is InChI=1S/C14H19N3/c1-17-8-2-3-14(11-17)16-10-13-6-4-12(9-15)5-7-13/h4-7,14,16H,2-3,8,10-11H2,1H3. The summed E-state index contributed by atoms with van der Waals surface area (Å²) >= 11 is 0. The van der Waals surface area contributed by atoms with E-state index in [0.717, 1.165) is 18.7 Å². The topological polar surface area (TPSA) is 39.1 Å². The average molecular weight is 229 g/mol. The fourth-order valence-corrected chi connectivity index (χ4v) is 2.29. The van der Waals surface area contributed by atoms with E-state index in [0.29, 0.717) is 6.04 Å². The Labute approximate surface area is 103 Å². The maximum atomic E-state index is 8.72. The van der Waals surface area contributed by atoms with Gasteiger partial charge in [0, 0.05) is 19.1 Å². The van der Waals surface area contributed by atoms with Gasteiger partial charge in [-0.15, -0.1) is 0 Å². The van der Waals surface area contributed by atoms with Gasteiger partial charge in [0.1, 0.15) is 0 Å². The molecule has 1 atom stereocenters. The third kappa shape index (κ3) is 3.55. The molecule has 3 heteroatoms.